The molecule has 0 aromatic carbocycles. The largest absolute Gasteiger partial charge is 0.460 e. The number of hydrogen-bond acceptors (Lipinski definition) is 7. The first kappa shape index (κ1) is 31.5. The lowest BCUT2D eigenvalue weighted by molar-refractivity contribution is -0.657. The molecule has 2 unspecified atom stereocenters. The Morgan fingerprint density at radius 3 is 2.11 bits per heavy atom. The summed E-state index contributed by atoms with van der Waals surface area (Å²) >= 11 is 0. The van der Waals surface area contributed by atoms with Crippen LogP contribution in [0, 0.1) is 15.7 Å². The van der Waals surface area contributed by atoms with Crippen molar-refractivity contribution in [1.29, 1.82) is 0 Å². The van der Waals surface area contributed by atoms with E-state index < -0.39 is 64.7 Å². The number of rotatable bonds is 11. The van der Waals surface area contributed by atoms with E-state index in [0.717, 1.165) is 0 Å². The predicted molar refractivity (Wildman–Crippen MR) is 134 cm³/mol. The van der Waals surface area contributed by atoms with Gasteiger partial charge in [-0.3, -0.25) is 19.3 Å². The molecule has 1 fully saturated rings. The molecular formula is C24H41N6O7+. The van der Waals surface area contributed by atoms with Crippen LogP contribution in [0.1, 0.15) is 61.3 Å². The summed E-state index contributed by atoms with van der Waals surface area (Å²) in [6.07, 6.45) is 1.27. The summed E-state index contributed by atoms with van der Waals surface area (Å²) in [6, 6.07) is -3.99. The summed E-state index contributed by atoms with van der Waals surface area (Å²) in [6.45, 7) is 15.6. The monoisotopic (exact) mass is 525 g/mol. The third kappa shape index (κ3) is 8.83. The molecule has 0 aliphatic carbocycles. The molecule has 1 heterocycles. The third-order valence-electron chi connectivity index (χ3n) is 5.84. The molecule has 1 aliphatic heterocycles. The number of urea groups is 1. The molecular weight excluding hydrogens is 484 g/mol. The smallest absolute Gasteiger partial charge is 0.329 e. The molecule has 13 nitrogen and oxygen atoms in total. The minimum absolute atomic E-state index is 0.0163. The Morgan fingerprint density at radius 1 is 1.08 bits per heavy atom. The number of ether oxygens (including phenoxy) is 1. The van der Waals surface area contributed by atoms with Crippen LogP contribution in [0.15, 0.2) is 12.7 Å². The van der Waals surface area contributed by atoms with Gasteiger partial charge in [0.1, 0.15) is 23.6 Å². The van der Waals surface area contributed by atoms with Gasteiger partial charge in [0.15, 0.2) is 6.04 Å². The zero-order valence-corrected chi connectivity index (χ0v) is 22.8. The van der Waals surface area contributed by atoms with Crippen molar-refractivity contribution in [3.05, 3.63) is 17.6 Å². The van der Waals surface area contributed by atoms with Gasteiger partial charge in [0.2, 0.25) is 5.78 Å². The number of nitrogens with zero attached hydrogens (tertiary/aromatic N) is 2. The first-order chi connectivity index (χ1) is 16.9. The molecule has 5 N–H and O–H groups in total. The molecule has 1 saturated heterocycles. The molecule has 1 aliphatic rings. The van der Waals surface area contributed by atoms with E-state index in [1.165, 1.54) is 17.9 Å². The molecule has 0 aromatic heterocycles. The number of nitrogens with one attached hydrogen (secondary N) is 3. The Hall–Kier alpha value is -3.51. The van der Waals surface area contributed by atoms with Crippen LogP contribution >= 0.6 is 0 Å². The minimum atomic E-state index is -1.18. The number of primary amides is 1. The summed E-state index contributed by atoms with van der Waals surface area (Å²) < 4.78 is 5.11. The van der Waals surface area contributed by atoms with Crippen LogP contribution in [0.2, 0.25) is 0 Å². The van der Waals surface area contributed by atoms with Crippen molar-refractivity contribution in [2.24, 2.45) is 16.6 Å². The first-order valence-corrected chi connectivity index (χ1v) is 12.1. The zero-order valence-electron chi connectivity index (χ0n) is 22.8. The van der Waals surface area contributed by atoms with Gasteiger partial charge in [-0.15, -0.1) is 5.43 Å². The molecule has 0 bridgehead atoms. The van der Waals surface area contributed by atoms with Crippen molar-refractivity contribution in [2.45, 2.75) is 85.6 Å². The van der Waals surface area contributed by atoms with Crippen molar-refractivity contribution in [3.8, 4) is 0 Å². The Kier molecular flexibility index (Phi) is 10.8. The summed E-state index contributed by atoms with van der Waals surface area (Å²) in [5, 5.41) is 5.26. The highest BCUT2D eigenvalue weighted by Crippen LogP contribution is 2.26. The zero-order chi connectivity index (χ0) is 28.7. The van der Waals surface area contributed by atoms with E-state index in [9.17, 15) is 28.9 Å². The van der Waals surface area contributed by atoms with Crippen LogP contribution in [-0.2, 0) is 23.9 Å². The molecule has 208 valence electrons. The molecule has 0 radical (unpaired) electrons. The summed E-state index contributed by atoms with van der Waals surface area (Å²) in [5.74, 6) is -3.31. The maximum Gasteiger partial charge on any atom is 0.329 e. The fraction of sp³-hybridized carbons (Fsp3) is 0.708. The summed E-state index contributed by atoms with van der Waals surface area (Å²) in [7, 11) is 0. The van der Waals surface area contributed by atoms with Gasteiger partial charge in [-0.2, -0.15) is 0 Å². The predicted octanol–water partition coefficient (Wildman–Crippen LogP) is 0.519. The van der Waals surface area contributed by atoms with E-state index >= 15 is 0 Å². The van der Waals surface area contributed by atoms with Gasteiger partial charge in [-0.25, -0.2) is 9.59 Å². The van der Waals surface area contributed by atoms with Crippen LogP contribution in [0.25, 0.3) is 0 Å². The number of likely N-dealkylation sites (tertiary alicyclic amines) is 1. The fourth-order valence-electron chi connectivity index (χ4n) is 3.77. The number of nitrogens with two attached hydrogens (primary N) is 1. The lowest BCUT2D eigenvalue weighted by atomic mass is 9.85. The number of carbonyl (C=O) groups excluding carboxylic acids is 5. The normalized spacial score (nSPS) is 18.1. The number of carbonyl (C=O) groups is 5. The molecule has 1 rings (SSSR count). The Morgan fingerprint density at radius 2 is 1.62 bits per heavy atom. The third-order valence-corrected chi connectivity index (χ3v) is 5.84. The number of amides is 4. The van der Waals surface area contributed by atoms with Crippen molar-refractivity contribution in [1.82, 2.24) is 21.0 Å². The molecule has 0 aromatic rings. The number of nitroso groups, excluding NO2 is 1. The van der Waals surface area contributed by atoms with Gasteiger partial charge < -0.3 is 21.1 Å². The SMILES string of the molecule is C=CCOC(=O)[C@@H](NC(=O)NC(C(=O)N1CCC[C@H]1[N+](=O)NC(C)C(=O)C(N)=O)C(C)(C)C)C(C)(C)C. The van der Waals surface area contributed by atoms with Crippen molar-refractivity contribution >= 4 is 29.6 Å². The summed E-state index contributed by atoms with van der Waals surface area (Å²) in [5.41, 5.74) is 5.88. The molecule has 0 saturated carbocycles. The molecule has 4 amide bonds. The van der Waals surface area contributed by atoms with Crippen molar-refractivity contribution in [3.63, 3.8) is 0 Å². The van der Waals surface area contributed by atoms with Gasteiger partial charge in [0.05, 0.1) is 4.91 Å². The van der Waals surface area contributed by atoms with Gasteiger partial charge in [0.25, 0.3) is 11.8 Å². The average Bonchev–Trinajstić information content (AvgIpc) is 3.27. The van der Waals surface area contributed by atoms with E-state index in [1.807, 2.05) is 0 Å². The standard InChI is InChI=1S/C24H40N6O7/c1-9-13-37-21(34)18(24(6,7)8)27-22(35)26-17(23(3,4)5)20(33)29-12-10-11-15(29)30(36)28-14(2)16(31)19(25)32/h9,14-15,17-18H,1,10-13H2,2-8H3,(H4-,25,26,27,28,32,35,36)/p+1/t14?,15-,17?,18-/m1/s1. The topological polar surface area (TPSA) is 180 Å². The molecule has 37 heavy (non-hydrogen) atoms. The van der Waals surface area contributed by atoms with Crippen LogP contribution < -0.4 is 21.8 Å². The Labute approximate surface area is 217 Å². The Balaban J connectivity index is 3.06. The lowest BCUT2D eigenvalue weighted by Gasteiger charge is -2.35. The molecule has 13 heteroatoms. The summed E-state index contributed by atoms with van der Waals surface area (Å²) in [4.78, 5) is 76.4. The second-order valence-corrected chi connectivity index (χ2v) is 11.2. The number of hydrazine groups is 1. The lowest BCUT2D eigenvalue weighted by Crippen LogP contribution is -2.61. The van der Waals surface area contributed by atoms with Gasteiger partial charge in [-0.1, -0.05) is 54.2 Å². The first-order valence-electron chi connectivity index (χ1n) is 12.1. The van der Waals surface area contributed by atoms with Gasteiger partial charge in [0, 0.05) is 13.0 Å². The number of ketones is 1. The maximum absolute atomic E-state index is 13.6. The highest BCUT2D eigenvalue weighted by Gasteiger charge is 2.47. The van der Waals surface area contributed by atoms with Crippen LogP contribution in [0.4, 0.5) is 4.79 Å². The highest BCUT2D eigenvalue weighted by atomic mass is 16.5. The second kappa shape index (κ2) is 12.6. The van der Waals surface area contributed by atoms with E-state index in [4.69, 9.17) is 10.5 Å². The highest BCUT2D eigenvalue weighted by molar-refractivity contribution is 6.37. The number of hydrogen-bond donors (Lipinski definition) is 4. The van der Waals surface area contributed by atoms with E-state index in [1.54, 1.807) is 41.5 Å². The van der Waals surface area contributed by atoms with Crippen molar-refractivity contribution in [2.75, 3.05) is 13.2 Å². The van der Waals surface area contributed by atoms with E-state index in [0.29, 0.717) is 17.7 Å². The van der Waals surface area contributed by atoms with Crippen LogP contribution in [-0.4, -0.2) is 76.8 Å². The van der Waals surface area contributed by atoms with E-state index in [2.05, 4.69) is 22.6 Å². The quantitative estimate of drug-likeness (QED) is 0.0990. The minimum Gasteiger partial charge on any atom is -0.460 e. The second-order valence-electron chi connectivity index (χ2n) is 11.2. The number of Topliss-reactive ketones (excluding diaryl/α,β-unsaturated/α-hetero) is 1. The van der Waals surface area contributed by atoms with Gasteiger partial charge >= 0.3 is 18.2 Å². The number of esters is 1. The van der Waals surface area contributed by atoms with Crippen LogP contribution in [0.3, 0.4) is 0 Å². The molecule has 0 spiro atoms. The fourth-order valence-corrected chi connectivity index (χ4v) is 3.77. The maximum atomic E-state index is 13.6. The van der Waals surface area contributed by atoms with Gasteiger partial charge in [-0.05, 0) is 24.2 Å². The molecule has 4 atom stereocenters. The van der Waals surface area contributed by atoms with Crippen LogP contribution in [0.5, 0.6) is 0 Å². The Bertz CT molecular complexity index is 922. The van der Waals surface area contributed by atoms with Crippen molar-refractivity contribution < 1.29 is 33.6 Å². The average molecular weight is 526 g/mol. The van der Waals surface area contributed by atoms with E-state index in [-0.39, 0.29) is 13.2 Å².